The highest BCUT2D eigenvalue weighted by Gasteiger charge is 2.22. The SMILES string of the molecule is CC(C)N(Cc1cnn(C)c1)C(=O)c1nccc2ccccc12. The molecule has 0 N–H and O–H groups in total. The minimum absolute atomic E-state index is 0.0550. The summed E-state index contributed by atoms with van der Waals surface area (Å²) in [4.78, 5) is 19.2. The van der Waals surface area contributed by atoms with Crippen LogP contribution in [0.5, 0.6) is 0 Å². The summed E-state index contributed by atoms with van der Waals surface area (Å²) < 4.78 is 1.74. The fraction of sp³-hybridized carbons (Fsp3) is 0.278. The molecule has 0 saturated carbocycles. The maximum Gasteiger partial charge on any atom is 0.273 e. The molecule has 0 saturated heterocycles. The summed E-state index contributed by atoms with van der Waals surface area (Å²) in [5.41, 5.74) is 1.51. The average Bonchev–Trinajstić information content (AvgIpc) is 2.96. The first-order valence-electron chi connectivity index (χ1n) is 7.68. The molecule has 23 heavy (non-hydrogen) atoms. The van der Waals surface area contributed by atoms with Crippen molar-refractivity contribution in [3.63, 3.8) is 0 Å². The highest BCUT2D eigenvalue weighted by atomic mass is 16.2. The van der Waals surface area contributed by atoms with Crippen LogP contribution in [0.3, 0.4) is 0 Å². The molecule has 0 aliphatic carbocycles. The van der Waals surface area contributed by atoms with Crippen LogP contribution in [-0.4, -0.2) is 31.6 Å². The third kappa shape index (κ3) is 3.08. The van der Waals surface area contributed by atoms with Gasteiger partial charge in [0.2, 0.25) is 0 Å². The first kappa shape index (κ1) is 15.2. The Bertz CT molecular complexity index is 832. The van der Waals surface area contributed by atoms with E-state index >= 15 is 0 Å². The van der Waals surface area contributed by atoms with Crippen molar-refractivity contribution < 1.29 is 4.79 Å². The minimum atomic E-state index is -0.0550. The molecule has 0 aliphatic heterocycles. The van der Waals surface area contributed by atoms with Crippen LogP contribution in [0.25, 0.3) is 10.8 Å². The van der Waals surface area contributed by atoms with Crippen LogP contribution in [0.1, 0.15) is 29.9 Å². The van der Waals surface area contributed by atoms with Gasteiger partial charge in [-0.2, -0.15) is 5.10 Å². The standard InChI is InChI=1S/C18H20N4O/c1-13(2)22(12-14-10-20-21(3)11-14)18(23)17-16-7-5-4-6-15(16)8-9-19-17/h4-11,13H,12H2,1-3H3. The Balaban J connectivity index is 1.97. The summed E-state index contributed by atoms with van der Waals surface area (Å²) >= 11 is 0. The largest absolute Gasteiger partial charge is 0.330 e. The van der Waals surface area contributed by atoms with Gasteiger partial charge in [-0.05, 0) is 25.3 Å². The van der Waals surface area contributed by atoms with Gasteiger partial charge in [0.15, 0.2) is 0 Å². The molecule has 118 valence electrons. The third-order valence-electron chi connectivity index (χ3n) is 3.87. The molecule has 5 heteroatoms. The zero-order valence-corrected chi connectivity index (χ0v) is 13.6. The van der Waals surface area contributed by atoms with Crippen molar-refractivity contribution in [1.29, 1.82) is 0 Å². The van der Waals surface area contributed by atoms with E-state index in [0.29, 0.717) is 12.2 Å². The Labute approximate surface area is 135 Å². The summed E-state index contributed by atoms with van der Waals surface area (Å²) in [6, 6.07) is 9.83. The van der Waals surface area contributed by atoms with E-state index in [-0.39, 0.29) is 11.9 Å². The van der Waals surface area contributed by atoms with Gasteiger partial charge in [-0.3, -0.25) is 14.5 Å². The molecule has 3 aromatic rings. The number of aromatic nitrogens is 3. The summed E-state index contributed by atoms with van der Waals surface area (Å²) in [6.45, 7) is 4.55. The zero-order valence-electron chi connectivity index (χ0n) is 13.6. The third-order valence-corrected chi connectivity index (χ3v) is 3.87. The van der Waals surface area contributed by atoms with Crippen LogP contribution in [-0.2, 0) is 13.6 Å². The number of benzene rings is 1. The van der Waals surface area contributed by atoms with E-state index in [0.717, 1.165) is 16.3 Å². The zero-order chi connectivity index (χ0) is 16.4. The van der Waals surface area contributed by atoms with Crippen molar-refractivity contribution in [2.75, 3.05) is 0 Å². The summed E-state index contributed by atoms with van der Waals surface area (Å²) in [7, 11) is 1.87. The quantitative estimate of drug-likeness (QED) is 0.744. The molecule has 1 aromatic carbocycles. The number of aryl methyl sites for hydroxylation is 1. The van der Waals surface area contributed by atoms with Gasteiger partial charge in [0.25, 0.3) is 5.91 Å². The highest BCUT2D eigenvalue weighted by molar-refractivity contribution is 6.05. The fourth-order valence-corrected chi connectivity index (χ4v) is 2.67. The van der Waals surface area contributed by atoms with E-state index < -0.39 is 0 Å². The maximum absolute atomic E-state index is 13.0. The van der Waals surface area contributed by atoms with E-state index in [2.05, 4.69) is 10.1 Å². The molecule has 0 aliphatic rings. The second kappa shape index (κ2) is 6.20. The lowest BCUT2D eigenvalue weighted by Crippen LogP contribution is -2.36. The van der Waals surface area contributed by atoms with Crippen LogP contribution < -0.4 is 0 Å². The molecule has 1 amide bonds. The number of hydrogen-bond acceptors (Lipinski definition) is 3. The van der Waals surface area contributed by atoms with Crippen LogP contribution in [0.2, 0.25) is 0 Å². The van der Waals surface area contributed by atoms with Crippen LogP contribution in [0.15, 0.2) is 48.9 Å². The number of rotatable bonds is 4. The normalized spacial score (nSPS) is 11.1. The van der Waals surface area contributed by atoms with Crippen LogP contribution >= 0.6 is 0 Å². The predicted octanol–water partition coefficient (Wildman–Crippen LogP) is 3.02. The monoisotopic (exact) mass is 308 g/mol. The van der Waals surface area contributed by atoms with E-state index in [9.17, 15) is 4.79 Å². The van der Waals surface area contributed by atoms with Gasteiger partial charge >= 0.3 is 0 Å². The molecule has 0 unspecified atom stereocenters. The molecule has 0 spiro atoms. The number of carbonyl (C=O) groups excluding carboxylic acids is 1. The van der Waals surface area contributed by atoms with Crippen molar-refractivity contribution in [3.05, 3.63) is 60.2 Å². The fourth-order valence-electron chi connectivity index (χ4n) is 2.67. The van der Waals surface area contributed by atoms with Crippen molar-refractivity contribution >= 4 is 16.7 Å². The number of amides is 1. The van der Waals surface area contributed by atoms with E-state index in [1.54, 1.807) is 17.1 Å². The molecule has 0 radical (unpaired) electrons. The first-order valence-corrected chi connectivity index (χ1v) is 7.68. The maximum atomic E-state index is 13.0. The number of pyridine rings is 1. The predicted molar refractivity (Wildman–Crippen MR) is 90.0 cm³/mol. The number of fused-ring (bicyclic) bond motifs is 1. The Morgan fingerprint density at radius 3 is 2.74 bits per heavy atom. The Hall–Kier alpha value is -2.69. The molecular formula is C18H20N4O. The van der Waals surface area contributed by atoms with Crippen molar-refractivity contribution in [2.24, 2.45) is 7.05 Å². The summed E-state index contributed by atoms with van der Waals surface area (Å²) in [6.07, 6.45) is 5.41. The lowest BCUT2D eigenvalue weighted by Gasteiger charge is -2.26. The average molecular weight is 308 g/mol. The molecule has 2 aromatic heterocycles. The lowest BCUT2D eigenvalue weighted by molar-refractivity contribution is 0.0686. The van der Waals surface area contributed by atoms with Gasteiger partial charge in [0.05, 0.1) is 6.20 Å². The molecule has 0 fully saturated rings. The van der Waals surface area contributed by atoms with E-state index in [4.69, 9.17) is 0 Å². The Morgan fingerprint density at radius 1 is 1.26 bits per heavy atom. The summed E-state index contributed by atoms with van der Waals surface area (Å²) in [5, 5.41) is 6.08. The second-order valence-electron chi connectivity index (χ2n) is 5.93. The molecule has 2 heterocycles. The molecular weight excluding hydrogens is 288 g/mol. The van der Waals surface area contributed by atoms with Gasteiger partial charge in [0.1, 0.15) is 5.69 Å². The Morgan fingerprint density at radius 2 is 2.04 bits per heavy atom. The number of hydrogen-bond donors (Lipinski definition) is 0. The van der Waals surface area contributed by atoms with Gasteiger partial charge in [-0.15, -0.1) is 0 Å². The molecule has 0 atom stereocenters. The van der Waals surface area contributed by atoms with Crippen molar-refractivity contribution in [1.82, 2.24) is 19.7 Å². The van der Waals surface area contributed by atoms with Gasteiger partial charge in [-0.25, -0.2) is 0 Å². The first-order chi connectivity index (χ1) is 11.1. The van der Waals surface area contributed by atoms with Gasteiger partial charge in [-0.1, -0.05) is 24.3 Å². The number of nitrogens with zero attached hydrogens (tertiary/aromatic N) is 4. The van der Waals surface area contributed by atoms with Gasteiger partial charge in [0, 0.05) is 43.0 Å². The van der Waals surface area contributed by atoms with Gasteiger partial charge < -0.3 is 4.90 Å². The smallest absolute Gasteiger partial charge is 0.273 e. The second-order valence-corrected chi connectivity index (χ2v) is 5.93. The lowest BCUT2D eigenvalue weighted by atomic mass is 10.1. The highest BCUT2D eigenvalue weighted by Crippen LogP contribution is 2.20. The minimum Gasteiger partial charge on any atom is -0.330 e. The van der Waals surface area contributed by atoms with Crippen molar-refractivity contribution in [3.8, 4) is 0 Å². The topological polar surface area (TPSA) is 51.0 Å². The molecule has 3 rings (SSSR count). The van der Waals surface area contributed by atoms with E-state index in [1.807, 2.05) is 62.3 Å². The van der Waals surface area contributed by atoms with Crippen LogP contribution in [0.4, 0.5) is 0 Å². The number of carbonyl (C=O) groups is 1. The summed E-state index contributed by atoms with van der Waals surface area (Å²) in [5.74, 6) is -0.0550. The molecule has 0 bridgehead atoms. The molecule has 5 nitrogen and oxygen atoms in total. The Kier molecular flexibility index (Phi) is 4.10. The van der Waals surface area contributed by atoms with E-state index in [1.165, 1.54) is 0 Å². The van der Waals surface area contributed by atoms with Crippen LogP contribution in [0, 0.1) is 0 Å². The van der Waals surface area contributed by atoms with Crippen molar-refractivity contribution in [2.45, 2.75) is 26.4 Å².